The Morgan fingerprint density at radius 1 is 1.37 bits per heavy atom. The van der Waals surface area contributed by atoms with Crippen LogP contribution in [0.2, 0.25) is 5.02 Å². The van der Waals surface area contributed by atoms with Crippen LogP contribution in [0.1, 0.15) is 38.2 Å². The van der Waals surface area contributed by atoms with E-state index in [2.05, 4.69) is 24.0 Å². The maximum atomic E-state index is 6.24. The molecule has 1 saturated heterocycles. The van der Waals surface area contributed by atoms with Crippen LogP contribution in [-0.4, -0.2) is 24.0 Å². The Morgan fingerprint density at radius 3 is 2.74 bits per heavy atom. The highest BCUT2D eigenvalue weighted by Gasteiger charge is 2.23. The number of rotatable bonds is 5. The average molecular weight is 281 g/mol. The third-order valence-corrected chi connectivity index (χ3v) is 4.39. The summed E-state index contributed by atoms with van der Waals surface area (Å²) in [7, 11) is 0. The van der Waals surface area contributed by atoms with Gasteiger partial charge in [-0.25, -0.2) is 0 Å². The Balaban J connectivity index is 1.80. The predicted molar refractivity (Wildman–Crippen MR) is 82.3 cm³/mol. The zero-order chi connectivity index (χ0) is 13.7. The number of nitrogens with two attached hydrogens (primary N) is 1. The van der Waals surface area contributed by atoms with Gasteiger partial charge in [-0.05, 0) is 56.0 Å². The van der Waals surface area contributed by atoms with Crippen molar-refractivity contribution < 1.29 is 0 Å². The molecular formula is C16H25ClN2. The Kier molecular flexibility index (Phi) is 5.68. The maximum Gasteiger partial charge on any atom is 0.0409 e. The lowest BCUT2D eigenvalue weighted by atomic mass is 9.87. The average Bonchev–Trinajstić information content (AvgIpc) is 2.40. The maximum absolute atomic E-state index is 6.24. The van der Waals surface area contributed by atoms with Crippen LogP contribution in [0.15, 0.2) is 24.3 Å². The highest BCUT2D eigenvalue weighted by molar-refractivity contribution is 6.30. The van der Waals surface area contributed by atoms with E-state index in [1.807, 2.05) is 12.1 Å². The highest BCUT2D eigenvalue weighted by atomic mass is 35.5. The standard InChI is InChI=1S/C16H25ClN2/c1-2-4-16(18)14-7-9-19(10-8-14)12-13-5-3-6-15(17)11-13/h3,5-6,11,14,16H,2,4,7-10,12,18H2,1H3. The summed E-state index contributed by atoms with van der Waals surface area (Å²) in [6.07, 6.45) is 4.84. The van der Waals surface area contributed by atoms with Crippen molar-refractivity contribution in [3.05, 3.63) is 34.9 Å². The molecule has 0 amide bonds. The fourth-order valence-corrected chi connectivity index (χ4v) is 3.21. The van der Waals surface area contributed by atoms with Gasteiger partial charge in [-0.2, -0.15) is 0 Å². The largest absolute Gasteiger partial charge is 0.327 e. The lowest BCUT2D eigenvalue weighted by Gasteiger charge is -2.34. The SMILES string of the molecule is CCCC(N)C1CCN(Cc2cccc(Cl)c2)CC1. The summed E-state index contributed by atoms with van der Waals surface area (Å²) in [6.45, 7) is 5.55. The number of piperidine rings is 1. The quantitative estimate of drug-likeness (QED) is 0.891. The topological polar surface area (TPSA) is 29.3 Å². The van der Waals surface area contributed by atoms with E-state index in [-0.39, 0.29) is 0 Å². The molecule has 1 aromatic rings. The van der Waals surface area contributed by atoms with Crippen LogP contribution in [0.3, 0.4) is 0 Å². The summed E-state index contributed by atoms with van der Waals surface area (Å²) in [4.78, 5) is 2.51. The first-order valence-corrected chi connectivity index (χ1v) is 7.79. The summed E-state index contributed by atoms with van der Waals surface area (Å²) in [5.74, 6) is 0.718. The summed E-state index contributed by atoms with van der Waals surface area (Å²) in [6, 6.07) is 8.58. The fourth-order valence-electron chi connectivity index (χ4n) is 3.00. The molecule has 1 fully saturated rings. The van der Waals surface area contributed by atoms with Crippen molar-refractivity contribution in [2.75, 3.05) is 13.1 Å². The summed E-state index contributed by atoms with van der Waals surface area (Å²) < 4.78 is 0. The predicted octanol–water partition coefficient (Wildman–Crippen LogP) is 3.68. The van der Waals surface area contributed by atoms with E-state index >= 15 is 0 Å². The molecule has 1 unspecified atom stereocenters. The van der Waals surface area contributed by atoms with Gasteiger partial charge in [-0.1, -0.05) is 37.1 Å². The number of benzene rings is 1. The Morgan fingerprint density at radius 2 is 2.11 bits per heavy atom. The molecule has 0 spiro atoms. The van der Waals surface area contributed by atoms with Crippen LogP contribution in [-0.2, 0) is 6.54 Å². The minimum absolute atomic E-state index is 0.401. The molecule has 106 valence electrons. The molecule has 3 heteroatoms. The zero-order valence-electron chi connectivity index (χ0n) is 11.8. The fraction of sp³-hybridized carbons (Fsp3) is 0.625. The van der Waals surface area contributed by atoms with Gasteiger partial charge in [0.25, 0.3) is 0 Å². The molecule has 1 atom stereocenters. The smallest absolute Gasteiger partial charge is 0.0409 e. The summed E-state index contributed by atoms with van der Waals surface area (Å²) in [5.41, 5.74) is 7.55. The normalized spacial score (nSPS) is 19.5. The van der Waals surface area contributed by atoms with Gasteiger partial charge in [-0.3, -0.25) is 4.90 Å². The van der Waals surface area contributed by atoms with Gasteiger partial charge in [-0.15, -0.1) is 0 Å². The van der Waals surface area contributed by atoms with E-state index in [9.17, 15) is 0 Å². The van der Waals surface area contributed by atoms with Crippen molar-refractivity contribution in [1.82, 2.24) is 4.90 Å². The van der Waals surface area contributed by atoms with Gasteiger partial charge >= 0.3 is 0 Å². The first-order chi connectivity index (χ1) is 9.19. The van der Waals surface area contributed by atoms with Gasteiger partial charge < -0.3 is 5.73 Å². The second-order valence-electron chi connectivity index (χ2n) is 5.70. The minimum atomic E-state index is 0.401. The van der Waals surface area contributed by atoms with Crippen molar-refractivity contribution in [2.24, 2.45) is 11.7 Å². The summed E-state index contributed by atoms with van der Waals surface area (Å²) >= 11 is 6.03. The highest BCUT2D eigenvalue weighted by Crippen LogP contribution is 2.23. The molecule has 1 aliphatic rings. The van der Waals surface area contributed by atoms with E-state index in [0.717, 1.165) is 30.6 Å². The molecule has 0 radical (unpaired) electrons. The van der Waals surface area contributed by atoms with Crippen LogP contribution < -0.4 is 5.73 Å². The van der Waals surface area contributed by atoms with E-state index in [0.29, 0.717) is 6.04 Å². The number of likely N-dealkylation sites (tertiary alicyclic amines) is 1. The zero-order valence-corrected chi connectivity index (χ0v) is 12.6. The minimum Gasteiger partial charge on any atom is -0.327 e. The lowest BCUT2D eigenvalue weighted by molar-refractivity contribution is 0.160. The Labute approximate surface area is 121 Å². The Hall–Kier alpha value is -0.570. The van der Waals surface area contributed by atoms with Crippen LogP contribution in [0.5, 0.6) is 0 Å². The van der Waals surface area contributed by atoms with Gasteiger partial charge in [0.1, 0.15) is 0 Å². The van der Waals surface area contributed by atoms with Crippen molar-refractivity contribution in [2.45, 2.75) is 45.2 Å². The lowest BCUT2D eigenvalue weighted by Crippen LogP contribution is -2.40. The van der Waals surface area contributed by atoms with Crippen LogP contribution >= 0.6 is 11.6 Å². The summed E-state index contributed by atoms with van der Waals surface area (Å²) in [5, 5.41) is 0.831. The number of hydrogen-bond acceptors (Lipinski definition) is 2. The molecular weight excluding hydrogens is 256 g/mol. The molecule has 0 aromatic heterocycles. The van der Waals surface area contributed by atoms with Crippen molar-refractivity contribution >= 4 is 11.6 Å². The van der Waals surface area contributed by atoms with E-state index in [1.54, 1.807) is 0 Å². The van der Waals surface area contributed by atoms with E-state index in [4.69, 9.17) is 17.3 Å². The third-order valence-electron chi connectivity index (χ3n) is 4.15. The molecule has 1 aromatic carbocycles. The van der Waals surface area contributed by atoms with Crippen molar-refractivity contribution in [3.63, 3.8) is 0 Å². The van der Waals surface area contributed by atoms with Crippen LogP contribution in [0.4, 0.5) is 0 Å². The molecule has 1 aliphatic heterocycles. The van der Waals surface area contributed by atoms with Gasteiger partial charge in [0.05, 0.1) is 0 Å². The number of hydrogen-bond donors (Lipinski definition) is 1. The van der Waals surface area contributed by atoms with Crippen molar-refractivity contribution in [1.29, 1.82) is 0 Å². The molecule has 0 aliphatic carbocycles. The monoisotopic (exact) mass is 280 g/mol. The second kappa shape index (κ2) is 7.28. The van der Waals surface area contributed by atoms with Crippen molar-refractivity contribution in [3.8, 4) is 0 Å². The Bertz CT molecular complexity index is 386. The molecule has 2 nitrogen and oxygen atoms in total. The molecule has 2 N–H and O–H groups in total. The molecule has 2 rings (SSSR count). The molecule has 0 saturated carbocycles. The van der Waals surface area contributed by atoms with Gasteiger partial charge in [0.2, 0.25) is 0 Å². The molecule has 19 heavy (non-hydrogen) atoms. The molecule has 1 heterocycles. The van der Waals surface area contributed by atoms with Crippen LogP contribution in [0.25, 0.3) is 0 Å². The first kappa shape index (κ1) is 14.8. The molecule has 0 bridgehead atoms. The van der Waals surface area contributed by atoms with E-state index in [1.165, 1.54) is 31.2 Å². The first-order valence-electron chi connectivity index (χ1n) is 7.41. The van der Waals surface area contributed by atoms with Gasteiger partial charge in [0, 0.05) is 17.6 Å². The number of nitrogens with zero attached hydrogens (tertiary/aromatic N) is 1. The third kappa shape index (κ3) is 4.48. The second-order valence-corrected chi connectivity index (χ2v) is 6.13. The number of halogens is 1. The van der Waals surface area contributed by atoms with Crippen LogP contribution in [0, 0.1) is 5.92 Å². The van der Waals surface area contributed by atoms with E-state index < -0.39 is 0 Å². The van der Waals surface area contributed by atoms with Gasteiger partial charge in [0.15, 0.2) is 0 Å².